The molecular formula is C23H20FN5O5. The summed E-state index contributed by atoms with van der Waals surface area (Å²) in [6.45, 7) is -0.174. The molecule has 4 aromatic rings. The first kappa shape index (κ1) is 22.6. The van der Waals surface area contributed by atoms with Crippen LogP contribution in [-0.4, -0.2) is 42.3 Å². The van der Waals surface area contributed by atoms with Crippen molar-refractivity contribution in [1.82, 2.24) is 24.6 Å². The van der Waals surface area contributed by atoms with Crippen molar-refractivity contribution in [3.8, 4) is 11.3 Å². The van der Waals surface area contributed by atoms with Crippen LogP contribution in [0.1, 0.15) is 22.5 Å². The Balaban J connectivity index is 1.48. The first-order valence-electron chi connectivity index (χ1n) is 10.2. The number of nitrogens with one attached hydrogen (secondary N) is 1. The molecule has 0 saturated heterocycles. The van der Waals surface area contributed by atoms with Gasteiger partial charge in [0, 0.05) is 36.3 Å². The molecule has 3 heterocycles. The first-order chi connectivity index (χ1) is 16.3. The van der Waals surface area contributed by atoms with Crippen molar-refractivity contribution in [2.45, 2.75) is 19.7 Å². The van der Waals surface area contributed by atoms with Gasteiger partial charge >= 0.3 is 11.9 Å². The number of amides is 1. The van der Waals surface area contributed by atoms with E-state index in [0.29, 0.717) is 28.2 Å². The number of esters is 1. The average Bonchev–Trinajstić information content (AvgIpc) is 3.41. The van der Waals surface area contributed by atoms with Gasteiger partial charge in [0.2, 0.25) is 0 Å². The second-order valence-electron chi connectivity index (χ2n) is 7.46. The molecule has 34 heavy (non-hydrogen) atoms. The number of halogens is 1. The molecule has 0 spiro atoms. The highest BCUT2D eigenvalue weighted by atomic mass is 19.1. The van der Waals surface area contributed by atoms with Crippen molar-refractivity contribution in [2.24, 2.45) is 7.05 Å². The number of pyridine rings is 1. The summed E-state index contributed by atoms with van der Waals surface area (Å²) in [6.07, 6.45) is 2.41. The molecule has 3 aromatic heterocycles. The van der Waals surface area contributed by atoms with Gasteiger partial charge in [-0.25, -0.2) is 14.1 Å². The third kappa shape index (κ3) is 4.93. The fourth-order valence-electron chi connectivity index (χ4n) is 3.36. The topological polar surface area (TPSA) is 128 Å². The van der Waals surface area contributed by atoms with Crippen LogP contribution < -0.4 is 5.32 Å². The van der Waals surface area contributed by atoms with E-state index in [9.17, 15) is 18.8 Å². The number of aliphatic carboxylic acids is 1. The van der Waals surface area contributed by atoms with E-state index < -0.39 is 18.4 Å². The summed E-state index contributed by atoms with van der Waals surface area (Å²) >= 11 is 0. The number of aromatic nitrogens is 4. The van der Waals surface area contributed by atoms with Crippen LogP contribution in [0.2, 0.25) is 0 Å². The minimum Gasteiger partial charge on any atom is -0.481 e. The summed E-state index contributed by atoms with van der Waals surface area (Å²) in [6, 6.07) is 11.5. The lowest BCUT2D eigenvalue weighted by Gasteiger charge is -2.07. The number of nitrogens with zero attached hydrogens (tertiary/aromatic N) is 4. The summed E-state index contributed by atoms with van der Waals surface area (Å²) in [5.74, 6) is -2.88. The molecule has 1 amide bonds. The molecular weight excluding hydrogens is 445 g/mol. The van der Waals surface area contributed by atoms with Crippen LogP contribution in [0.3, 0.4) is 0 Å². The van der Waals surface area contributed by atoms with E-state index in [1.165, 1.54) is 16.9 Å². The third-order valence-electron chi connectivity index (χ3n) is 5.09. The fraction of sp³-hybridized carbons (Fsp3) is 0.174. The lowest BCUT2D eigenvalue weighted by atomic mass is 10.2. The van der Waals surface area contributed by atoms with Crippen LogP contribution in [0.25, 0.3) is 22.3 Å². The van der Waals surface area contributed by atoms with E-state index in [0.717, 1.165) is 5.39 Å². The lowest BCUT2D eigenvalue weighted by Crippen LogP contribution is -2.25. The standard InChI is InChI=1S/C23H20FN5O5/c1-28-19(23(33)25-10-15-4-2-3-5-17(15)24)8-14-6-7-18(27-22(14)28)16-11-26-29(12-16)13-34-21(32)9-20(30)31/h2-8,11-12H,9-10,13H2,1H3,(H,25,33)(H,30,31). The number of fused-ring (bicyclic) bond motifs is 1. The molecule has 0 radical (unpaired) electrons. The highest BCUT2D eigenvalue weighted by molar-refractivity contribution is 5.98. The molecule has 1 aromatic carbocycles. The van der Waals surface area contributed by atoms with Crippen molar-refractivity contribution in [2.75, 3.05) is 0 Å². The van der Waals surface area contributed by atoms with Crippen LogP contribution in [0.15, 0.2) is 54.9 Å². The van der Waals surface area contributed by atoms with Gasteiger partial charge in [-0.2, -0.15) is 5.10 Å². The summed E-state index contributed by atoms with van der Waals surface area (Å²) < 4.78 is 21.7. The number of carboxylic acids is 1. The van der Waals surface area contributed by atoms with Gasteiger partial charge in [0.1, 0.15) is 23.6 Å². The fourth-order valence-corrected chi connectivity index (χ4v) is 3.36. The molecule has 0 aliphatic carbocycles. The molecule has 0 unspecified atom stereocenters. The molecule has 11 heteroatoms. The van der Waals surface area contributed by atoms with Gasteiger partial charge in [-0.3, -0.25) is 14.4 Å². The van der Waals surface area contributed by atoms with Gasteiger partial charge in [0.25, 0.3) is 5.91 Å². The van der Waals surface area contributed by atoms with E-state index in [2.05, 4.69) is 15.4 Å². The number of carbonyl (C=O) groups is 3. The van der Waals surface area contributed by atoms with Gasteiger partial charge in [0.05, 0.1) is 11.9 Å². The van der Waals surface area contributed by atoms with Crippen LogP contribution in [-0.2, 0) is 34.6 Å². The normalized spacial score (nSPS) is 10.9. The second kappa shape index (κ2) is 9.53. The summed E-state index contributed by atoms with van der Waals surface area (Å²) in [7, 11) is 1.71. The Kier molecular flexibility index (Phi) is 6.35. The Bertz CT molecular complexity index is 1390. The number of carbonyl (C=O) groups excluding carboxylic acids is 2. The Hall–Kier alpha value is -4.54. The Morgan fingerprint density at radius 2 is 1.97 bits per heavy atom. The largest absolute Gasteiger partial charge is 0.481 e. The Morgan fingerprint density at radius 1 is 1.18 bits per heavy atom. The van der Waals surface area contributed by atoms with Gasteiger partial charge in [-0.15, -0.1) is 0 Å². The number of rotatable bonds is 8. The molecule has 0 aliphatic rings. The molecule has 4 rings (SSSR count). The number of hydrogen-bond acceptors (Lipinski definition) is 6. The maximum atomic E-state index is 13.8. The van der Waals surface area contributed by atoms with E-state index in [4.69, 9.17) is 9.84 Å². The first-order valence-corrected chi connectivity index (χ1v) is 10.2. The number of benzene rings is 1. The van der Waals surface area contributed by atoms with Crippen molar-refractivity contribution < 1.29 is 28.6 Å². The quantitative estimate of drug-likeness (QED) is 0.302. The lowest BCUT2D eigenvalue weighted by molar-refractivity contribution is -0.154. The summed E-state index contributed by atoms with van der Waals surface area (Å²) in [4.78, 5) is 39.2. The minimum absolute atomic E-state index is 0.0575. The monoisotopic (exact) mass is 465 g/mol. The zero-order chi connectivity index (χ0) is 24.2. The molecule has 0 bridgehead atoms. The van der Waals surface area contributed by atoms with Crippen LogP contribution in [0, 0.1) is 5.82 Å². The van der Waals surface area contributed by atoms with Gasteiger partial charge < -0.3 is 19.7 Å². The maximum absolute atomic E-state index is 13.8. The molecule has 174 valence electrons. The van der Waals surface area contributed by atoms with Crippen LogP contribution in [0.4, 0.5) is 4.39 Å². The van der Waals surface area contributed by atoms with Crippen molar-refractivity contribution in [3.05, 3.63) is 71.9 Å². The van der Waals surface area contributed by atoms with Crippen molar-refractivity contribution in [1.29, 1.82) is 0 Å². The number of aryl methyl sites for hydroxylation is 1. The smallest absolute Gasteiger partial charge is 0.318 e. The summed E-state index contributed by atoms with van der Waals surface area (Å²) in [5, 5.41) is 16.2. The second-order valence-corrected chi connectivity index (χ2v) is 7.46. The van der Waals surface area contributed by atoms with Crippen LogP contribution in [0.5, 0.6) is 0 Å². The maximum Gasteiger partial charge on any atom is 0.318 e. The van der Waals surface area contributed by atoms with E-state index >= 15 is 0 Å². The number of hydrogen-bond donors (Lipinski definition) is 2. The predicted octanol–water partition coefficient (Wildman–Crippen LogP) is 2.48. The van der Waals surface area contributed by atoms with E-state index in [-0.39, 0.29) is 25.0 Å². The van der Waals surface area contributed by atoms with Crippen molar-refractivity contribution >= 4 is 28.9 Å². The zero-order valence-corrected chi connectivity index (χ0v) is 18.1. The van der Waals surface area contributed by atoms with Gasteiger partial charge in [-0.1, -0.05) is 18.2 Å². The minimum atomic E-state index is -1.27. The van der Waals surface area contributed by atoms with Gasteiger partial charge in [0.15, 0.2) is 6.73 Å². The third-order valence-corrected chi connectivity index (χ3v) is 5.09. The molecule has 0 saturated carbocycles. The number of carboxylic acid groups (broad SMARTS) is 1. The zero-order valence-electron chi connectivity index (χ0n) is 18.1. The summed E-state index contributed by atoms with van der Waals surface area (Å²) in [5.41, 5.74) is 2.55. The van der Waals surface area contributed by atoms with E-state index in [1.54, 1.807) is 48.1 Å². The number of ether oxygens (including phenoxy) is 1. The SMILES string of the molecule is Cn1c(C(=O)NCc2ccccc2F)cc2ccc(-c3cnn(COC(=O)CC(=O)O)c3)nc21. The van der Waals surface area contributed by atoms with Gasteiger partial charge in [-0.05, 0) is 24.3 Å². The highest BCUT2D eigenvalue weighted by Gasteiger charge is 2.16. The Labute approximate surface area is 192 Å². The van der Waals surface area contributed by atoms with Crippen LogP contribution >= 0.6 is 0 Å². The molecule has 0 atom stereocenters. The molecule has 0 aliphatic heterocycles. The highest BCUT2D eigenvalue weighted by Crippen LogP contribution is 2.23. The molecule has 0 fully saturated rings. The average molecular weight is 465 g/mol. The van der Waals surface area contributed by atoms with Crippen molar-refractivity contribution in [3.63, 3.8) is 0 Å². The van der Waals surface area contributed by atoms with E-state index in [1.807, 2.05) is 6.07 Å². The molecule has 2 N–H and O–H groups in total. The predicted molar refractivity (Wildman–Crippen MR) is 118 cm³/mol. The molecule has 10 nitrogen and oxygen atoms in total. The Morgan fingerprint density at radius 3 is 2.74 bits per heavy atom.